The van der Waals surface area contributed by atoms with Crippen LogP contribution in [0.5, 0.6) is 0 Å². The summed E-state index contributed by atoms with van der Waals surface area (Å²) < 4.78 is 5.27. The van der Waals surface area contributed by atoms with E-state index >= 15 is 0 Å². The van der Waals surface area contributed by atoms with Crippen molar-refractivity contribution in [1.82, 2.24) is 0 Å². The van der Waals surface area contributed by atoms with Gasteiger partial charge in [-0.25, -0.2) is 4.79 Å². The number of rotatable bonds is 0. The Hall–Kier alpha value is -1.39. The fraction of sp³-hybridized carbons (Fsp3) is 0.533. The van der Waals surface area contributed by atoms with E-state index in [1.165, 1.54) is 0 Å². The van der Waals surface area contributed by atoms with Gasteiger partial charge in [-0.15, -0.1) is 0 Å². The summed E-state index contributed by atoms with van der Waals surface area (Å²) in [7, 11) is 0. The smallest absolute Gasteiger partial charge is 0.334 e. The maximum Gasteiger partial charge on any atom is 0.334 e. The Bertz CT molecular complexity index is 449. The highest BCUT2D eigenvalue weighted by molar-refractivity contribution is 5.91. The normalized spacial score (nSPS) is 36.6. The lowest BCUT2D eigenvalue weighted by Gasteiger charge is -2.24. The molecule has 2 rings (SSSR count). The highest BCUT2D eigenvalue weighted by atomic mass is 16.5. The van der Waals surface area contributed by atoms with Gasteiger partial charge in [0, 0.05) is 17.9 Å². The summed E-state index contributed by atoms with van der Waals surface area (Å²) in [5.74, 6) is -0.476. The fourth-order valence-corrected chi connectivity index (χ4v) is 2.56. The molecule has 0 bridgehead atoms. The average molecular weight is 264 g/mol. The quantitative estimate of drug-likeness (QED) is 0.395. The van der Waals surface area contributed by atoms with Crippen molar-refractivity contribution in [2.75, 3.05) is 0 Å². The minimum atomic E-state index is -0.752. The third-order valence-electron chi connectivity index (χ3n) is 4.00. The molecule has 0 aromatic carbocycles. The molecule has 19 heavy (non-hydrogen) atoms. The van der Waals surface area contributed by atoms with Crippen molar-refractivity contribution in [3.05, 3.63) is 36.0 Å². The van der Waals surface area contributed by atoms with E-state index < -0.39 is 12.2 Å². The molecule has 1 saturated heterocycles. The number of aliphatic hydroxyl groups is 2. The zero-order valence-corrected chi connectivity index (χ0v) is 11.1. The van der Waals surface area contributed by atoms with Gasteiger partial charge < -0.3 is 14.9 Å². The number of carbonyl (C=O) groups excluding carboxylic acids is 1. The molecule has 1 fully saturated rings. The van der Waals surface area contributed by atoms with E-state index in [0.717, 1.165) is 0 Å². The van der Waals surface area contributed by atoms with Gasteiger partial charge in [0.25, 0.3) is 0 Å². The van der Waals surface area contributed by atoms with Gasteiger partial charge in [-0.3, -0.25) is 0 Å². The summed E-state index contributed by atoms with van der Waals surface area (Å²) >= 11 is 0. The van der Waals surface area contributed by atoms with Crippen molar-refractivity contribution in [3.8, 4) is 0 Å². The van der Waals surface area contributed by atoms with Crippen LogP contribution in [-0.2, 0) is 9.53 Å². The van der Waals surface area contributed by atoms with Crippen LogP contribution >= 0.6 is 0 Å². The van der Waals surface area contributed by atoms with Crippen LogP contribution < -0.4 is 0 Å². The van der Waals surface area contributed by atoms with E-state index in [2.05, 4.69) is 13.2 Å². The van der Waals surface area contributed by atoms with Gasteiger partial charge in [0.1, 0.15) is 6.10 Å². The summed E-state index contributed by atoms with van der Waals surface area (Å²) in [5.41, 5.74) is 1.84. The number of aliphatic hydroxyl groups excluding tert-OH is 2. The first-order chi connectivity index (χ1) is 8.90. The lowest BCUT2D eigenvalue weighted by Crippen LogP contribution is -2.25. The molecule has 0 amide bonds. The van der Waals surface area contributed by atoms with E-state index in [1.807, 2.05) is 0 Å². The molecule has 0 saturated carbocycles. The molecule has 1 aliphatic carbocycles. The zero-order valence-electron chi connectivity index (χ0n) is 11.1. The minimum Gasteiger partial charge on any atom is -0.454 e. The Balaban J connectivity index is 2.30. The SMILES string of the molecule is C=C1CC[C@H]2C(=C)C(=O)O[C@@H]2C=C(C)[C@@H](O)C[C@@H]1O. The summed E-state index contributed by atoms with van der Waals surface area (Å²) in [6.45, 7) is 9.40. The predicted molar refractivity (Wildman–Crippen MR) is 71.3 cm³/mol. The van der Waals surface area contributed by atoms with Crippen molar-refractivity contribution in [1.29, 1.82) is 0 Å². The molecule has 0 aromatic heterocycles. The van der Waals surface area contributed by atoms with Crippen LogP contribution in [0.1, 0.15) is 26.2 Å². The second kappa shape index (κ2) is 5.31. The van der Waals surface area contributed by atoms with Crippen LogP contribution in [0.15, 0.2) is 36.0 Å². The Morgan fingerprint density at radius 2 is 2.00 bits per heavy atom. The maximum atomic E-state index is 11.6. The van der Waals surface area contributed by atoms with Crippen LogP contribution in [0.25, 0.3) is 0 Å². The highest BCUT2D eigenvalue weighted by Gasteiger charge is 2.38. The molecule has 1 heterocycles. The van der Waals surface area contributed by atoms with Gasteiger partial charge in [0.05, 0.1) is 12.2 Å². The molecule has 0 aromatic rings. The molecular formula is C15H20O4. The van der Waals surface area contributed by atoms with E-state index in [9.17, 15) is 15.0 Å². The molecular weight excluding hydrogens is 244 g/mol. The first-order valence-electron chi connectivity index (χ1n) is 6.52. The zero-order chi connectivity index (χ0) is 14.2. The molecule has 104 valence electrons. The number of ether oxygens (including phenoxy) is 1. The van der Waals surface area contributed by atoms with E-state index in [-0.39, 0.29) is 24.4 Å². The second-order valence-corrected chi connectivity index (χ2v) is 5.38. The van der Waals surface area contributed by atoms with Gasteiger partial charge >= 0.3 is 5.97 Å². The van der Waals surface area contributed by atoms with E-state index in [0.29, 0.717) is 29.6 Å². The van der Waals surface area contributed by atoms with Crippen LogP contribution in [0.3, 0.4) is 0 Å². The Morgan fingerprint density at radius 3 is 2.68 bits per heavy atom. The van der Waals surface area contributed by atoms with Crippen LogP contribution in [-0.4, -0.2) is 34.5 Å². The summed E-state index contributed by atoms with van der Waals surface area (Å²) in [6.07, 6.45) is 1.43. The number of esters is 1. The Kier molecular flexibility index (Phi) is 3.92. The van der Waals surface area contributed by atoms with Crippen LogP contribution in [0.4, 0.5) is 0 Å². The van der Waals surface area contributed by atoms with Crippen LogP contribution in [0, 0.1) is 5.92 Å². The summed E-state index contributed by atoms with van der Waals surface area (Å²) in [6, 6.07) is 0. The Morgan fingerprint density at radius 1 is 1.32 bits per heavy atom. The largest absolute Gasteiger partial charge is 0.454 e. The molecule has 1 aliphatic heterocycles. The third-order valence-corrected chi connectivity index (χ3v) is 4.00. The standard InChI is InChI=1S/C15H20O4/c1-8-4-5-11-10(3)15(18)19-14(11)6-9(2)13(17)7-12(8)16/h6,11-14,16-17H,1,3-5,7H2,2H3/t11-,12-,13-,14+/m0/s1. The maximum absolute atomic E-state index is 11.6. The van der Waals surface area contributed by atoms with E-state index in [4.69, 9.17) is 4.74 Å². The van der Waals surface area contributed by atoms with Gasteiger partial charge in [-0.05, 0) is 37.0 Å². The number of hydrogen-bond acceptors (Lipinski definition) is 4. The van der Waals surface area contributed by atoms with Gasteiger partial charge in [0.15, 0.2) is 0 Å². The van der Waals surface area contributed by atoms with Gasteiger partial charge in [-0.2, -0.15) is 0 Å². The third kappa shape index (κ3) is 2.80. The van der Waals surface area contributed by atoms with Crippen molar-refractivity contribution >= 4 is 5.97 Å². The predicted octanol–water partition coefficient (Wildman–Crippen LogP) is 1.49. The van der Waals surface area contributed by atoms with Gasteiger partial charge in [-0.1, -0.05) is 13.2 Å². The molecule has 0 unspecified atom stereocenters. The number of fused-ring (bicyclic) bond motifs is 1. The number of hydrogen-bond donors (Lipinski definition) is 2. The molecule has 0 radical (unpaired) electrons. The minimum absolute atomic E-state index is 0.100. The lowest BCUT2D eigenvalue weighted by molar-refractivity contribution is -0.137. The van der Waals surface area contributed by atoms with Crippen molar-refractivity contribution in [2.45, 2.75) is 44.5 Å². The molecule has 2 aliphatic rings. The van der Waals surface area contributed by atoms with Crippen molar-refractivity contribution < 1.29 is 19.7 Å². The molecule has 2 N–H and O–H groups in total. The van der Waals surface area contributed by atoms with Crippen LogP contribution in [0.2, 0.25) is 0 Å². The highest BCUT2D eigenvalue weighted by Crippen LogP contribution is 2.34. The topological polar surface area (TPSA) is 66.8 Å². The molecule has 4 nitrogen and oxygen atoms in total. The second-order valence-electron chi connectivity index (χ2n) is 5.38. The number of carbonyl (C=O) groups is 1. The molecule has 4 atom stereocenters. The van der Waals surface area contributed by atoms with Crippen molar-refractivity contribution in [3.63, 3.8) is 0 Å². The summed E-state index contributed by atoms with van der Waals surface area (Å²) in [5, 5.41) is 19.9. The van der Waals surface area contributed by atoms with E-state index in [1.54, 1.807) is 13.0 Å². The average Bonchev–Trinajstić information content (AvgIpc) is 2.61. The summed E-state index contributed by atoms with van der Waals surface area (Å²) in [4.78, 5) is 11.6. The first-order valence-corrected chi connectivity index (χ1v) is 6.52. The van der Waals surface area contributed by atoms with Gasteiger partial charge in [0.2, 0.25) is 0 Å². The molecule has 0 spiro atoms. The lowest BCUT2D eigenvalue weighted by atomic mass is 9.85. The van der Waals surface area contributed by atoms with Crippen molar-refractivity contribution in [2.24, 2.45) is 5.92 Å². The molecule has 4 heteroatoms. The Labute approximate surface area is 113 Å². The first kappa shape index (κ1) is 14.0. The fourth-order valence-electron chi connectivity index (χ4n) is 2.56. The monoisotopic (exact) mass is 264 g/mol.